The summed E-state index contributed by atoms with van der Waals surface area (Å²) in [6.07, 6.45) is 1.45. The number of carbonyl (C=O) groups excluding carboxylic acids is 3. The van der Waals surface area contributed by atoms with Crippen molar-refractivity contribution in [2.24, 2.45) is 0 Å². The van der Waals surface area contributed by atoms with Crippen LogP contribution in [-0.2, 0) is 9.59 Å². The number of amides is 3. The molecule has 1 fully saturated rings. The van der Waals surface area contributed by atoms with Gasteiger partial charge in [0.25, 0.3) is 5.91 Å². The second-order valence-corrected chi connectivity index (χ2v) is 4.78. The zero-order chi connectivity index (χ0) is 15.0. The molecular formula is C14H12N4O3. The molecule has 0 spiro atoms. The van der Waals surface area contributed by atoms with Crippen molar-refractivity contribution in [1.29, 1.82) is 0 Å². The van der Waals surface area contributed by atoms with Gasteiger partial charge < -0.3 is 11.1 Å². The number of nitrogen functional groups attached to an aromatic ring is 1. The number of fused-ring (bicyclic) bond motifs is 1. The smallest absolute Gasteiger partial charge is 0.271 e. The molecule has 7 nitrogen and oxygen atoms in total. The van der Waals surface area contributed by atoms with E-state index in [9.17, 15) is 14.4 Å². The molecule has 7 heteroatoms. The van der Waals surface area contributed by atoms with Crippen molar-refractivity contribution >= 4 is 34.2 Å². The fourth-order valence-corrected chi connectivity index (χ4v) is 2.26. The Labute approximate surface area is 119 Å². The maximum atomic E-state index is 12.3. The van der Waals surface area contributed by atoms with Crippen LogP contribution in [0, 0.1) is 0 Å². The summed E-state index contributed by atoms with van der Waals surface area (Å²) in [5.41, 5.74) is 6.41. The number of nitrogens with zero attached hydrogens (tertiary/aromatic N) is 1. The van der Waals surface area contributed by atoms with E-state index in [0.29, 0.717) is 11.1 Å². The third kappa shape index (κ3) is 2.40. The maximum absolute atomic E-state index is 12.3. The van der Waals surface area contributed by atoms with Gasteiger partial charge in [-0.15, -0.1) is 0 Å². The van der Waals surface area contributed by atoms with Crippen LogP contribution in [0.1, 0.15) is 16.9 Å². The summed E-state index contributed by atoms with van der Waals surface area (Å²) in [6.45, 7) is 0. The lowest BCUT2D eigenvalue weighted by molar-refractivity contribution is -0.125. The minimum absolute atomic E-state index is 0.0581. The van der Waals surface area contributed by atoms with Crippen molar-refractivity contribution in [2.75, 3.05) is 5.73 Å². The molecule has 1 aromatic heterocycles. The Bertz CT molecular complexity index is 772. The van der Waals surface area contributed by atoms with Crippen molar-refractivity contribution in [1.82, 2.24) is 15.6 Å². The average molecular weight is 284 g/mol. The van der Waals surface area contributed by atoms with Gasteiger partial charge >= 0.3 is 0 Å². The van der Waals surface area contributed by atoms with E-state index in [0.717, 1.165) is 5.39 Å². The van der Waals surface area contributed by atoms with Crippen molar-refractivity contribution in [3.8, 4) is 0 Å². The van der Waals surface area contributed by atoms with E-state index in [-0.39, 0.29) is 12.1 Å². The number of rotatable bonds is 2. The van der Waals surface area contributed by atoms with E-state index in [1.165, 1.54) is 6.20 Å². The molecule has 1 atom stereocenters. The molecule has 0 radical (unpaired) electrons. The number of anilines is 1. The Balaban J connectivity index is 1.93. The first-order valence-corrected chi connectivity index (χ1v) is 6.33. The Hall–Kier alpha value is -2.96. The maximum Gasteiger partial charge on any atom is 0.271 e. The Kier molecular flexibility index (Phi) is 3.02. The molecule has 106 valence electrons. The Morgan fingerprint density at radius 2 is 2.14 bits per heavy atom. The molecule has 1 unspecified atom stereocenters. The SMILES string of the molecule is Nc1ccc2ccnc(C(=O)NC3CC(=O)NC3=O)c2c1. The molecule has 1 saturated heterocycles. The van der Waals surface area contributed by atoms with Crippen molar-refractivity contribution < 1.29 is 14.4 Å². The summed E-state index contributed by atoms with van der Waals surface area (Å²) in [7, 11) is 0. The van der Waals surface area contributed by atoms with E-state index < -0.39 is 23.8 Å². The number of aromatic nitrogens is 1. The largest absolute Gasteiger partial charge is 0.399 e. The molecule has 21 heavy (non-hydrogen) atoms. The summed E-state index contributed by atoms with van der Waals surface area (Å²) >= 11 is 0. The van der Waals surface area contributed by atoms with Crippen LogP contribution in [-0.4, -0.2) is 28.7 Å². The molecule has 0 saturated carbocycles. The lowest BCUT2D eigenvalue weighted by Gasteiger charge is -2.10. The van der Waals surface area contributed by atoms with Gasteiger partial charge in [-0.25, -0.2) is 0 Å². The minimum Gasteiger partial charge on any atom is -0.399 e. The van der Waals surface area contributed by atoms with Gasteiger partial charge in [0.05, 0.1) is 6.42 Å². The van der Waals surface area contributed by atoms with Gasteiger partial charge in [-0.3, -0.25) is 24.7 Å². The number of imide groups is 1. The zero-order valence-corrected chi connectivity index (χ0v) is 10.9. The van der Waals surface area contributed by atoms with Gasteiger partial charge in [0.1, 0.15) is 11.7 Å². The first kappa shape index (κ1) is 13.0. The highest BCUT2D eigenvalue weighted by molar-refractivity contribution is 6.10. The number of nitrogens with one attached hydrogen (secondary N) is 2. The number of hydrogen-bond donors (Lipinski definition) is 3. The summed E-state index contributed by atoms with van der Waals surface area (Å²) in [5, 5.41) is 6.06. The number of pyridine rings is 1. The van der Waals surface area contributed by atoms with Gasteiger partial charge in [0, 0.05) is 17.3 Å². The van der Waals surface area contributed by atoms with Crippen molar-refractivity contribution in [2.45, 2.75) is 12.5 Å². The minimum atomic E-state index is -0.858. The lowest BCUT2D eigenvalue weighted by atomic mass is 10.1. The molecule has 3 amide bonds. The van der Waals surface area contributed by atoms with Crippen LogP contribution in [0.5, 0.6) is 0 Å². The molecule has 0 aliphatic carbocycles. The molecule has 1 aromatic carbocycles. The highest BCUT2D eigenvalue weighted by Crippen LogP contribution is 2.20. The first-order valence-electron chi connectivity index (χ1n) is 6.33. The van der Waals surface area contributed by atoms with Gasteiger partial charge in [0.2, 0.25) is 11.8 Å². The molecule has 1 aliphatic heterocycles. The monoisotopic (exact) mass is 284 g/mol. The highest BCUT2D eigenvalue weighted by atomic mass is 16.2. The Morgan fingerprint density at radius 1 is 1.33 bits per heavy atom. The number of nitrogens with two attached hydrogens (primary N) is 1. The summed E-state index contributed by atoms with van der Waals surface area (Å²) in [4.78, 5) is 38.9. The summed E-state index contributed by atoms with van der Waals surface area (Å²) in [5.74, 6) is -1.42. The van der Waals surface area contributed by atoms with Crippen LogP contribution in [0.25, 0.3) is 10.8 Å². The van der Waals surface area contributed by atoms with E-state index in [4.69, 9.17) is 5.73 Å². The van der Waals surface area contributed by atoms with Gasteiger partial charge in [-0.1, -0.05) is 6.07 Å². The standard InChI is InChI=1S/C14H12N4O3/c15-8-2-1-7-3-4-16-12(9(7)5-8)14(21)17-10-6-11(19)18-13(10)20/h1-5,10H,6,15H2,(H,17,21)(H,18,19,20). The van der Waals surface area contributed by atoms with Crippen LogP contribution >= 0.6 is 0 Å². The molecule has 0 bridgehead atoms. The molecule has 4 N–H and O–H groups in total. The van der Waals surface area contributed by atoms with Crippen LogP contribution in [0.4, 0.5) is 5.69 Å². The highest BCUT2D eigenvalue weighted by Gasteiger charge is 2.32. The molecule has 2 aromatic rings. The Morgan fingerprint density at radius 3 is 2.86 bits per heavy atom. The van der Waals surface area contributed by atoms with Crippen LogP contribution in [0.3, 0.4) is 0 Å². The topological polar surface area (TPSA) is 114 Å². The van der Waals surface area contributed by atoms with Crippen LogP contribution in [0.2, 0.25) is 0 Å². The van der Waals surface area contributed by atoms with E-state index in [2.05, 4.69) is 15.6 Å². The van der Waals surface area contributed by atoms with Crippen LogP contribution < -0.4 is 16.4 Å². The van der Waals surface area contributed by atoms with Crippen molar-refractivity contribution in [3.63, 3.8) is 0 Å². The van der Waals surface area contributed by atoms with E-state index in [1.54, 1.807) is 24.3 Å². The van der Waals surface area contributed by atoms with Gasteiger partial charge in [-0.05, 0) is 23.6 Å². The normalized spacial score (nSPS) is 17.8. The fraction of sp³-hybridized carbons (Fsp3) is 0.143. The number of carbonyl (C=O) groups is 3. The number of hydrogen-bond acceptors (Lipinski definition) is 5. The average Bonchev–Trinajstić information content (AvgIpc) is 2.76. The van der Waals surface area contributed by atoms with Gasteiger partial charge in [0.15, 0.2) is 0 Å². The van der Waals surface area contributed by atoms with E-state index in [1.807, 2.05) is 0 Å². The van der Waals surface area contributed by atoms with Crippen LogP contribution in [0.15, 0.2) is 30.5 Å². The first-order chi connectivity index (χ1) is 10.0. The third-order valence-electron chi connectivity index (χ3n) is 3.28. The summed E-state index contributed by atoms with van der Waals surface area (Å²) < 4.78 is 0. The predicted molar refractivity (Wildman–Crippen MR) is 75.2 cm³/mol. The fourth-order valence-electron chi connectivity index (χ4n) is 2.26. The second-order valence-electron chi connectivity index (χ2n) is 4.78. The number of benzene rings is 1. The molecule has 2 heterocycles. The van der Waals surface area contributed by atoms with E-state index >= 15 is 0 Å². The van der Waals surface area contributed by atoms with Gasteiger partial charge in [-0.2, -0.15) is 0 Å². The third-order valence-corrected chi connectivity index (χ3v) is 3.28. The molecule has 3 rings (SSSR count). The summed E-state index contributed by atoms with van der Waals surface area (Å²) in [6, 6.07) is 6.07. The second kappa shape index (κ2) is 4.86. The predicted octanol–water partition coefficient (Wildman–Crippen LogP) is -0.0381. The molecule has 1 aliphatic rings. The molecular weight excluding hydrogens is 272 g/mol. The van der Waals surface area contributed by atoms with Crippen molar-refractivity contribution in [3.05, 3.63) is 36.2 Å². The lowest BCUT2D eigenvalue weighted by Crippen LogP contribution is -2.40. The zero-order valence-electron chi connectivity index (χ0n) is 10.9. The quantitative estimate of drug-likeness (QED) is 0.529.